The summed E-state index contributed by atoms with van der Waals surface area (Å²) in [6.07, 6.45) is -0.299. The van der Waals surface area contributed by atoms with Gasteiger partial charge in [0.25, 0.3) is 5.78 Å². The summed E-state index contributed by atoms with van der Waals surface area (Å²) in [6, 6.07) is 0. The van der Waals surface area contributed by atoms with Crippen molar-refractivity contribution in [1.29, 1.82) is 0 Å². The number of rotatable bonds is 8. The van der Waals surface area contributed by atoms with E-state index in [1.165, 1.54) is 34.7 Å². The predicted molar refractivity (Wildman–Crippen MR) is 64.5 cm³/mol. The second-order valence-corrected chi connectivity index (χ2v) is 6.49. The van der Waals surface area contributed by atoms with Crippen LogP contribution >= 0.6 is 7.37 Å². The topological polar surface area (TPSA) is 71.1 Å². The quantitative estimate of drug-likeness (QED) is 0.311. The Morgan fingerprint density at radius 2 is 1.72 bits per heavy atom. The van der Waals surface area contributed by atoms with Crippen LogP contribution in [0.4, 0.5) is 0 Å². The van der Waals surface area contributed by atoms with Crippen LogP contribution in [0.5, 0.6) is 0 Å². The fourth-order valence-electron chi connectivity index (χ4n) is 1.35. The molecule has 18 heavy (non-hydrogen) atoms. The minimum atomic E-state index is -2.96. The van der Waals surface area contributed by atoms with Crippen LogP contribution in [0.1, 0.15) is 14.8 Å². The van der Waals surface area contributed by atoms with Crippen LogP contribution in [0.15, 0.2) is 0 Å². The fourth-order valence-corrected chi connectivity index (χ4v) is 2.17. The summed E-state index contributed by atoms with van der Waals surface area (Å²) in [6.45, 7) is 4.53. The van der Waals surface area contributed by atoms with Gasteiger partial charge in [0, 0.05) is 34.7 Å². The molecule has 0 spiro atoms. The fraction of sp³-hybridized carbons (Fsp3) is 0.900. The number of Topliss-reactive ketones (excluding diaryl/α,β-unsaturated/α-hetero) is 1. The van der Waals surface area contributed by atoms with E-state index in [0.717, 1.165) is 0 Å². The van der Waals surface area contributed by atoms with E-state index < -0.39 is 25.2 Å². The van der Waals surface area contributed by atoms with Crippen molar-refractivity contribution in [1.82, 2.24) is 0 Å². The van der Waals surface area contributed by atoms with Crippen molar-refractivity contribution in [3.05, 3.63) is 0 Å². The maximum absolute atomic E-state index is 12.1. The number of ether oxygens (including phenoxy) is 3. The number of carbonyl (C=O) groups excluding carboxylic acids is 1. The maximum atomic E-state index is 12.1. The second kappa shape index (κ2) is 8.82. The molecule has 0 radical (unpaired) electrons. The van der Waals surface area contributed by atoms with Crippen LogP contribution in [0.3, 0.4) is 0 Å². The smallest absolute Gasteiger partial charge is 1.00 e. The van der Waals surface area contributed by atoms with Gasteiger partial charge in [-0.05, 0) is 6.42 Å². The van der Waals surface area contributed by atoms with Gasteiger partial charge in [-0.3, -0.25) is 13.9 Å². The van der Waals surface area contributed by atoms with Crippen molar-refractivity contribution < 1.29 is 59.1 Å². The maximum Gasteiger partial charge on any atom is 1.00 e. The van der Waals surface area contributed by atoms with Crippen molar-refractivity contribution in [2.24, 2.45) is 0 Å². The molecule has 0 aliphatic rings. The van der Waals surface area contributed by atoms with Crippen molar-refractivity contribution in [2.45, 2.75) is 25.4 Å². The van der Waals surface area contributed by atoms with Gasteiger partial charge < -0.3 is 15.6 Å². The van der Waals surface area contributed by atoms with Crippen LogP contribution in [0.25, 0.3) is 0 Å². The van der Waals surface area contributed by atoms with Gasteiger partial charge in [-0.2, -0.15) is 0 Å². The number of methoxy groups -OCH3 is 3. The molecule has 6 nitrogen and oxygen atoms in total. The van der Waals surface area contributed by atoms with Crippen LogP contribution in [-0.4, -0.2) is 52.5 Å². The van der Waals surface area contributed by atoms with Gasteiger partial charge >= 0.3 is 35.5 Å². The molecule has 0 aliphatic carbocycles. The molecule has 0 aromatic carbocycles. The third-order valence-electron chi connectivity index (χ3n) is 2.13. The number of hydrogen-bond donors (Lipinski definition) is 0. The van der Waals surface area contributed by atoms with E-state index in [1.54, 1.807) is 6.92 Å². The molecule has 0 saturated carbocycles. The first-order chi connectivity index (χ1) is 7.76. The van der Waals surface area contributed by atoms with Crippen molar-refractivity contribution in [2.75, 3.05) is 34.7 Å². The molecule has 1 unspecified atom stereocenters. The van der Waals surface area contributed by atoms with Gasteiger partial charge in [0.05, 0.1) is 0 Å². The summed E-state index contributed by atoms with van der Waals surface area (Å²) in [4.78, 5) is 12.1. The SMILES string of the molecule is CCC(OC)C(=O)C(OC)(OC)OP(C)(C)=O.[H-].[Na+]. The molecule has 0 saturated heterocycles. The molecule has 0 aliphatic heterocycles. The zero-order valence-corrected chi connectivity index (χ0v) is 15.1. The summed E-state index contributed by atoms with van der Waals surface area (Å²) in [5, 5.41) is 0. The monoisotopic (exact) mass is 292 g/mol. The zero-order valence-electron chi connectivity index (χ0n) is 13.2. The van der Waals surface area contributed by atoms with E-state index in [0.29, 0.717) is 6.42 Å². The Morgan fingerprint density at radius 1 is 1.28 bits per heavy atom. The second-order valence-electron chi connectivity index (χ2n) is 3.80. The molecule has 0 fully saturated rings. The molecule has 0 rings (SSSR count). The molecular formula is C10H22NaO6P. The Balaban J connectivity index is -0.00000128. The van der Waals surface area contributed by atoms with Gasteiger partial charge in [-0.1, -0.05) is 6.92 Å². The molecule has 104 valence electrons. The largest absolute Gasteiger partial charge is 1.00 e. The summed E-state index contributed by atoms with van der Waals surface area (Å²) in [7, 11) is 0.940. The first-order valence-corrected chi connectivity index (χ1v) is 7.71. The number of hydrogen-bond acceptors (Lipinski definition) is 6. The molecule has 0 amide bonds. The number of ketones is 1. The molecule has 8 heteroatoms. The first kappa shape index (κ1) is 21.0. The Labute approximate surface area is 132 Å². The van der Waals surface area contributed by atoms with Crippen LogP contribution in [0, 0.1) is 0 Å². The molecule has 0 bridgehead atoms. The normalized spacial score (nSPS) is 13.9. The van der Waals surface area contributed by atoms with Crippen molar-refractivity contribution in [3.8, 4) is 0 Å². The Morgan fingerprint density at radius 3 is 1.94 bits per heavy atom. The molecule has 0 heterocycles. The Kier molecular flexibility index (Phi) is 10.3. The molecular weight excluding hydrogens is 270 g/mol. The van der Waals surface area contributed by atoms with Crippen LogP contribution in [-0.2, 0) is 28.1 Å². The molecule has 0 aromatic rings. The van der Waals surface area contributed by atoms with E-state index >= 15 is 0 Å². The van der Waals surface area contributed by atoms with Gasteiger partial charge in [-0.25, -0.2) is 0 Å². The molecule has 1 atom stereocenters. The van der Waals surface area contributed by atoms with Gasteiger partial charge in [0.2, 0.25) is 7.37 Å². The summed E-state index contributed by atoms with van der Waals surface area (Å²) in [5.74, 6) is -2.52. The van der Waals surface area contributed by atoms with E-state index in [4.69, 9.17) is 18.7 Å². The van der Waals surface area contributed by atoms with Crippen LogP contribution in [0.2, 0.25) is 0 Å². The number of carbonyl (C=O) groups is 1. The van der Waals surface area contributed by atoms with E-state index in [1.807, 2.05) is 0 Å². The Hall–Kier alpha value is 0.740. The van der Waals surface area contributed by atoms with Gasteiger partial charge in [0.1, 0.15) is 6.10 Å². The standard InChI is InChI=1S/C10H21O6P.Na.H/c1-7-8(13-2)9(11)10(14-3,15-4)16-17(5,6)12;;/h8H,7H2,1-6H3;;/q;+1;-1. The van der Waals surface area contributed by atoms with Crippen molar-refractivity contribution >= 4 is 13.2 Å². The minimum absolute atomic E-state index is 0. The third-order valence-corrected chi connectivity index (χ3v) is 2.81. The van der Waals surface area contributed by atoms with E-state index in [-0.39, 0.29) is 31.0 Å². The molecule has 0 aromatic heterocycles. The minimum Gasteiger partial charge on any atom is -1.00 e. The van der Waals surface area contributed by atoms with Gasteiger partial charge in [0.15, 0.2) is 0 Å². The van der Waals surface area contributed by atoms with Gasteiger partial charge in [-0.15, -0.1) is 0 Å². The summed E-state index contributed by atoms with van der Waals surface area (Å²) in [5.41, 5.74) is 0. The Bertz CT molecular complexity index is 300. The average Bonchev–Trinajstić information content (AvgIpc) is 2.26. The van der Waals surface area contributed by atoms with E-state index in [9.17, 15) is 9.36 Å². The van der Waals surface area contributed by atoms with E-state index in [2.05, 4.69) is 0 Å². The first-order valence-electron chi connectivity index (χ1n) is 5.19. The average molecular weight is 292 g/mol. The summed E-state index contributed by atoms with van der Waals surface area (Å²) < 4.78 is 31.8. The molecule has 0 N–H and O–H groups in total. The van der Waals surface area contributed by atoms with Crippen LogP contribution < -0.4 is 29.6 Å². The predicted octanol–water partition coefficient (Wildman–Crippen LogP) is -1.40. The third kappa shape index (κ3) is 5.80. The summed E-state index contributed by atoms with van der Waals surface area (Å²) >= 11 is 0. The van der Waals surface area contributed by atoms with Crippen molar-refractivity contribution in [3.63, 3.8) is 0 Å². The zero-order chi connectivity index (χ0) is 13.7.